The van der Waals surface area contributed by atoms with Crippen LogP contribution in [0.4, 0.5) is 11.4 Å². The van der Waals surface area contributed by atoms with Crippen LogP contribution in [0.1, 0.15) is 26.3 Å². The Morgan fingerprint density at radius 3 is 2.29 bits per heavy atom. The molecule has 4 heterocycles. The lowest BCUT2D eigenvalue weighted by atomic mass is 9.97. The number of carbonyl (C=O) groups is 3. The first-order chi connectivity index (χ1) is 30.7. The molecule has 63 heavy (non-hydrogen) atoms. The van der Waals surface area contributed by atoms with Crippen molar-refractivity contribution in [3.63, 3.8) is 0 Å². The van der Waals surface area contributed by atoms with Crippen molar-refractivity contribution < 1.29 is 33.3 Å². The molecule has 0 spiro atoms. The maximum atomic E-state index is 13.0. The summed E-state index contributed by atoms with van der Waals surface area (Å²) >= 11 is 7.89. The van der Waals surface area contributed by atoms with Gasteiger partial charge in [-0.2, -0.15) is 5.10 Å². The largest absolute Gasteiger partial charge is 0.377 e. The van der Waals surface area contributed by atoms with Crippen molar-refractivity contribution in [2.24, 2.45) is 7.05 Å². The fourth-order valence-electron chi connectivity index (χ4n) is 7.37. The molecule has 1 aliphatic rings. The van der Waals surface area contributed by atoms with Crippen LogP contribution in [-0.4, -0.2) is 116 Å². The predicted octanol–water partition coefficient (Wildman–Crippen LogP) is 5.81. The van der Waals surface area contributed by atoms with Crippen molar-refractivity contribution in [3.8, 4) is 10.4 Å². The third kappa shape index (κ3) is 11.5. The van der Waals surface area contributed by atoms with Crippen LogP contribution in [0.25, 0.3) is 32.2 Å². The van der Waals surface area contributed by atoms with E-state index in [0.717, 1.165) is 50.0 Å². The highest BCUT2D eigenvalue weighted by Crippen LogP contribution is 2.35. The van der Waals surface area contributed by atoms with E-state index in [1.54, 1.807) is 35.1 Å². The van der Waals surface area contributed by atoms with Gasteiger partial charge in [-0.1, -0.05) is 48.5 Å². The van der Waals surface area contributed by atoms with Gasteiger partial charge in [0.1, 0.15) is 5.02 Å². The van der Waals surface area contributed by atoms with Crippen LogP contribution in [0.5, 0.6) is 0 Å². The Kier molecular flexibility index (Phi) is 15.9. The van der Waals surface area contributed by atoms with Gasteiger partial charge in [0.05, 0.1) is 82.3 Å². The van der Waals surface area contributed by atoms with Crippen molar-refractivity contribution in [2.75, 3.05) is 84.4 Å². The van der Waals surface area contributed by atoms with Gasteiger partial charge in [0, 0.05) is 60.1 Å². The Labute approximate surface area is 373 Å². The minimum absolute atomic E-state index is 0.0704. The number of halogens is 1. The molecule has 2 amide bonds. The zero-order valence-corrected chi connectivity index (χ0v) is 36.6. The van der Waals surface area contributed by atoms with Crippen molar-refractivity contribution >= 4 is 73.8 Å². The Hall–Kier alpha value is -5.72. The maximum Gasteiger partial charge on any atom is 0.287 e. The molecule has 3 aromatic heterocycles. The average Bonchev–Trinajstić information content (AvgIpc) is 3.95. The normalized spacial score (nSPS) is 12.7. The number of benzene rings is 3. The van der Waals surface area contributed by atoms with E-state index in [4.69, 9.17) is 30.5 Å². The first-order valence-electron chi connectivity index (χ1n) is 20.7. The smallest absolute Gasteiger partial charge is 0.287 e. The van der Waals surface area contributed by atoms with Gasteiger partial charge >= 0.3 is 0 Å². The number of hydrogen-bond acceptors (Lipinski definition) is 12. The fraction of sp³-hybridized carbons (Fsp3) is 0.326. The number of carbonyl (C=O) groups excluding carboxylic acids is 3. The van der Waals surface area contributed by atoms with Gasteiger partial charge in [-0.15, -0.1) is 11.3 Å². The topological polar surface area (TPSA) is 167 Å². The summed E-state index contributed by atoms with van der Waals surface area (Å²) in [5.74, 6) is -0.539. The van der Waals surface area contributed by atoms with Crippen molar-refractivity contribution in [1.82, 2.24) is 29.9 Å². The van der Waals surface area contributed by atoms with Gasteiger partial charge in [-0.25, -0.2) is 4.68 Å². The molecule has 0 radical (unpaired) electrons. The molecule has 0 aliphatic carbocycles. The molecular formula is C46H50ClN7O8S. The highest BCUT2D eigenvalue weighted by Gasteiger charge is 2.22. The quantitative estimate of drug-likeness (QED) is 0.0556. The van der Waals surface area contributed by atoms with Gasteiger partial charge in [-0.3, -0.25) is 28.6 Å². The Morgan fingerprint density at radius 1 is 0.841 bits per heavy atom. The molecule has 0 fully saturated rings. The molecule has 330 valence electrons. The second-order valence-electron chi connectivity index (χ2n) is 14.7. The Balaban J connectivity index is 0.704. The zero-order valence-electron chi connectivity index (χ0n) is 35.0. The molecule has 7 rings (SSSR count). The van der Waals surface area contributed by atoms with Gasteiger partial charge in [0.25, 0.3) is 17.4 Å². The molecule has 0 bridgehead atoms. The van der Waals surface area contributed by atoms with Gasteiger partial charge in [0.15, 0.2) is 0 Å². The van der Waals surface area contributed by atoms with E-state index in [2.05, 4.69) is 32.5 Å². The van der Waals surface area contributed by atoms with Crippen molar-refractivity contribution in [3.05, 3.63) is 123 Å². The number of thiophene rings is 1. The molecule has 0 saturated heterocycles. The van der Waals surface area contributed by atoms with Crippen LogP contribution in [0, 0.1) is 0 Å². The lowest BCUT2D eigenvalue weighted by Gasteiger charge is -2.29. The van der Waals surface area contributed by atoms with Gasteiger partial charge in [0.2, 0.25) is 5.91 Å². The first kappa shape index (κ1) is 45.3. The van der Waals surface area contributed by atoms with Crippen LogP contribution >= 0.6 is 22.9 Å². The van der Waals surface area contributed by atoms with Gasteiger partial charge < -0.3 is 34.9 Å². The summed E-state index contributed by atoms with van der Waals surface area (Å²) in [5, 5.41) is 16.9. The molecule has 0 atom stereocenters. The van der Waals surface area contributed by atoms with Crippen LogP contribution in [0.3, 0.4) is 0 Å². The van der Waals surface area contributed by atoms with E-state index in [1.807, 2.05) is 60.0 Å². The van der Waals surface area contributed by atoms with Crippen molar-refractivity contribution in [2.45, 2.75) is 13.0 Å². The number of allylic oxidation sites excluding steroid dienone is 1. The van der Waals surface area contributed by atoms with E-state index < -0.39 is 0 Å². The zero-order chi connectivity index (χ0) is 44.1. The van der Waals surface area contributed by atoms with E-state index >= 15 is 0 Å². The molecule has 0 unspecified atom stereocenters. The number of ether oxygens (including phenoxy) is 4. The molecule has 1 aliphatic heterocycles. The van der Waals surface area contributed by atoms with Crippen LogP contribution in [0.2, 0.25) is 5.02 Å². The SMILES string of the molecule is C=CC(=O)n1c2ccc(C(=O)NCCOCCOCCOCCOCCNC(=O)CN3CCc4c(cccc4Nc4cnn(C)c(=O)c4Cl)C3)cc2c2ccc(-c3cccs3)cc21. The third-order valence-electron chi connectivity index (χ3n) is 10.5. The summed E-state index contributed by atoms with van der Waals surface area (Å²) in [5.41, 5.74) is 6.16. The Bertz CT molecular complexity index is 2630. The lowest BCUT2D eigenvalue weighted by Crippen LogP contribution is -2.40. The number of hydrogen-bond donors (Lipinski definition) is 3. The highest BCUT2D eigenvalue weighted by molar-refractivity contribution is 7.13. The number of anilines is 2. The summed E-state index contributed by atoms with van der Waals surface area (Å²) in [6, 6.07) is 21.3. The first-order valence-corrected chi connectivity index (χ1v) is 21.9. The molecule has 0 saturated carbocycles. The molecular weight excluding hydrogens is 846 g/mol. The van der Waals surface area contributed by atoms with E-state index in [0.29, 0.717) is 95.8 Å². The number of amides is 2. The van der Waals surface area contributed by atoms with Crippen molar-refractivity contribution in [1.29, 1.82) is 0 Å². The fourth-order valence-corrected chi connectivity index (χ4v) is 8.31. The summed E-state index contributed by atoms with van der Waals surface area (Å²) in [7, 11) is 1.55. The number of nitrogens with zero attached hydrogens (tertiary/aromatic N) is 4. The summed E-state index contributed by atoms with van der Waals surface area (Å²) < 4.78 is 25.2. The summed E-state index contributed by atoms with van der Waals surface area (Å²) in [6.07, 6.45) is 3.57. The maximum absolute atomic E-state index is 13.0. The molecule has 3 aromatic carbocycles. The van der Waals surface area contributed by atoms with Gasteiger partial charge in [-0.05, 0) is 71.0 Å². The van der Waals surface area contributed by atoms with Crippen LogP contribution < -0.4 is 21.5 Å². The number of aryl methyl sites for hydroxylation is 1. The van der Waals surface area contributed by atoms with E-state index in [1.165, 1.54) is 17.0 Å². The number of nitrogens with one attached hydrogen (secondary N) is 3. The van der Waals surface area contributed by atoms with E-state index in [9.17, 15) is 19.2 Å². The van der Waals surface area contributed by atoms with Crippen LogP contribution in [0.15, 0.2) is 95.8 Å². The molecule has 15 nitrogen and oxygen atoms in total. The minimum Gasteiger partial charge on any atom is -0.377 e. The number of rotatable bonds is 22. The predicted molar refractivity (Wildman–Crippen MR) is 245 cm³/mol. The third-order valence-corrected chi connectivity index (χ3v) is 11.8. The standard InChI is InChI=1S/C46H50ClN7O8S/c1-3-43(56)54-39-12-10-32(26-36(39)35-11-9-31(27-40(35)54)41-8-5-25-63-41)45(57)49-15-18-60-20-22-62-24-23-61-21-19-59-17-14-48-42(55)30-53-16-13-34-33(29-53)6-4-7-37(34)51-38-28-50-52(2)46(58)44(38)47/h3-12,25-28,51H,1,13-24,29-30H2,2H3,(H,48,55)(H,49,57). The summed E-state index contributed by atoms with van der Waals surface area (Å²) in [4.78, 5) is 54.0. The Morgan fingerprint density at radius 2 is 1.57 bits per heavy atom. The second-order valence-corrected chi connectivity index (χ2v) is 16.0. The van der Waals surface area contributed by atoms with E-state index in [-0.39, 0.29) is 34.8 Å². The monoisotopic (exact) mass is 895 g/mol. The summed E-state index contributed by atoms with van der Waals surface area (Å²) in [6.45, 7) is 9.09. The van der Waals surface area contributed by atoms with Crippen LogP contribution in [-0.2, 0) is 43.8 Å². The molecule has 6 aromatic rings. The highest BCUT2D eigenvalue weighted by atomic mass is 35.5. The minimum atomic E-state index is -0.370. The molecule has 3 N–H and O–H groups in total. The lowest BCUT2D eigenvalue weighted by molar-refractivity contribution is -0.122. The number of aromatic nitrogens is 3. The number of fused-ring (bicyclic) bond motifs is 4. The second kappa shape index (κ2) is 22.1. The molecule has 17 heteroatoms. The average molecular weight is 896 g/mol.